The first-order valence-electron chi connectivity index (χ1n) is 5.91. The number of aldehydes is 1. The maximum atomic E-state index is 10.8. The lowest BCUT2D eigenvalue weighted by atomic mass is 10.1. The molecule has 3 nitrogen and oxygen atoms in total. The summed E-state index contributed by atoms with van der Waals surface area (Å²) in [5, 5.41) is 0. The second-order valence-electron chi connectivity index (χ2n) is 4.61. The molecular weight excluding hydrogens is 224 g/mol. The van der Waals surface area contributed by atoms with E-state index in [1.165, 1.54) is 11.1 Å². The standard InChI is InChI=1S/C15H14N2O/c1-10-6-16-15(11(10)2)13-5-14-4-3-12(9-18)7-17(14)8-13/h3-9,16H,1-2H3. The molecule has 0 saturated carbocycles. The minimum absolute atomic E-state index is 0.684. The molecule has 3 heteroatoms. The Morgan fingerprint density at radius 2 is 2.06 bits per heavy atom. The Bertz CT molecular complexity index is 734. The third-order valence-electron chi connectivity index (χ3n) is 3.44. The lowest BCUT2D eigenvalue weighted by molar-refractivity contribution is 0.112. The van der Waals surface area contributed by atoms with Gasteiger partial charge in [-0.2, -0.15) is 0 Å². The number of hydrogen-bond acceptors (Lipinski definition) is 1. The minimum Gasteiger partial charge on any atom is -0.361 e. The summed E-state index contributed by atoms with van der Waals surface area (Å²) >= 11 is 0. The molecule has 0 aliphatic heterocycles. The molecule has 0 aromatic carbocycles. The van der Waals surface area contributed by atoms with Crippen LogP contribution in [0.15, 0.2) is 36.8 Å². The van der Waals surface area contributed by atoms with Gasteiger partial charge in [0.2, 0.25) is 0 Å². The Kier molecular flexibility index (Phi) is 2.33. The molecule has 0 aliphatic rings. The number of H-pyrrole nitrogens is 1. The Balaban J connectivity index is 2.19. The summed E-state index contributed by atoms with van der Waals surface area (Å²) in [6.45, 7) is 4.20. The van der Waals surface area contributed by atoms with Crippen molar-refractivity contribution >= 4 is 11.8 Å². The summed E-state index contributed by atoms with van der Waals surface area (Å²) in [6, 6.07) is 5.91. The van der Waals surface area contributed by atoms with Gasteiger partial charge in [0.15, 0.2) is 6.29 Å². The molecule has 0 aliphatic carbocycles. The Morgan fingerprint density at radius 3 is 2.72 bits per heavy atom. The minimum atomic E-state index is 0.684. The summed E-state index contributed by atoms with van der Waals surface area (Å²) in [6.07, 6.45) is 6.77. The monoisotopic (exact) mass is 238 g/mol. The molecule has 0 amide bonds. The van der Waals surface area contributed by atoms with Gasteiger partial charge < -0.3 is 9.38 Å². The molecule has 3 aromatic heterocycles. The van der Waals surface area contributed by atoms with Gasteiger partial charge in [0.05, 0.1) is 5.69 Å². The summed E-state index contributed by atoms with van der Waals surface area (Å²) in [5.74, 6) is 0. The van der Waals surface area contributed by atoms with E-state index in [0.29, 0.717) is 5.56 Å². The van der Waals surface area contributed by atoms with E-state index in [-0.39, 0.29) is 0 Å². The average molecular weight is 238 g/mol. The number of aromatic amines is 1. The van der Waals surface area contributed by atoms with Crippen LogP contribution in [-0.2, 0) is 0 Å². The van der Waals surface area contributed by atoms with Crippen molar-refractivity contribution in [1.29, 1.82) is 0 Å². The van der Waals surface area contributed by atoms with E-state index in [1.54, 1.807) is 0 Å². The molecule has 0 bridgehead atoms. The first-order valence-corrected chi connectivity index (χ1v) is 5.91. The Morgan fingerprint density at radius 1 is 1.22 bits per heavy atom. The number of aromatic nitrogens is 2. The van der Waals surface area contributed by atoms with Crippen LogP contribution >= 0.6 is 0 Å². The number of fused-ring (bicyclic) bond motifs is 1. The normalized spacial score (nSPS) is 11.0. The van der Waals surface area contributed by atoms with Crippen LogP contribution < -0.4 is 0 Å². The summed E-state index contributed by atoms with van der Waals surface area (Å²) in [5.41, 5.74) is 6.58. The van der Waals surface area contributed by atoms with Gasteiger partial charge in [-0.15, -0.1) is 0 Å². The van der Waals surface area contributed by atoms with Crippen molar-refractivity contribution in [3.63, 3.8) is 0 Å². The van der Waals surface area contributed by atoms with Crippen LogP contribution in [0, 0.1) is 13.8 Å². The second kappa shape index (κ2) is 3.88. The van der Waals surface area contributed by atoms with Crippen molar-refractivity contribution < 1.29 is 4.79 Å². The molecule has 3 heterocycles. The third kappa shape index (κ3) is 1.56. The van der Waals surface area contributed by atoms with Crippen molar-refractivity contribution in [1.82, 2.24) is 9.38 Å². The molecule has 0 spiro atoms. The fraction of sp³-hybridized carbons (Fsp3) is 0.133. The van der Waals surface area contributed by atoms with Gasteiger partial charge in [-0.1, -0.05) is 0 Å². The van der Waals surface area contributed by atoms with E-state index in [2.05, 4.69) is 24.9 Å². The number of aryl methyl sites for hydroxylation is 1. The van der Waals surface area contributed by atoms with Gasteiger partial charge in [0, 0.05) is 35.2 Å². The van der Waals surface area contributed by atoms with E-state index in [4.69, 9.17) is 0 Å². The maximum absolute atomic E-state index is 10.8. The predicted octanol–water partition coefficient (Wildman–Crippen LogP) is 3.36. The lowest BCUT2D eigenvalue weighted by Crippen LogP contribution is -1.85. The zero-order valence-electron chi connectivity index (χ0n) is 10.4. The highest BCUT2D eigenvalue weighted by atomic mass is 16.1. The smallest absolute Gasteiger partial charge is 0.151 e. The zero-order valence-corrected chi connectivity index (χ0v) is 10.4. The van der Waals surface area contributed by atoms with Crippen LogP contribution in [0.5, 0.6) is 0 Å². The molecule has 90 valence electrons. The molecule has 0 radical (unpaired) electrons. The van der Waals surface area contributed by atoms with Crippen LogP contribution in [0.2, 0.25) is 0 Å². The van der Waals surface area contributed by atoms with E-state index >= 15 is 0 Å². The van der Waals surface area contributed by atoms with E-state index in [1.807, 2.05) is 35.1 Å². The van der Waals surface area contributed by atoms with Crippen LogP contribution in [-0.4, -0.2) is 15.7 Å². The molecule has 0 saturated heterocycles. The number of hydrogen-bond donors (Lipinski definition) is 1. The van der Waals surface area contributed by atoms with Crippen molar-refractivity contribution in [2.75, 3.05) is 0 Å². The number of pyridine rings is 1. The summed E-state index contributed by atoms with van der Waals surface area (Å²) in [7, 11) is 0. The first-order chi connectivity index (χ1) is 8.69. The van der Waals surface area contributed by atoms with Crippen molar-refractivity contribution in [3.05, 3.63) is 53.5 Å². The van der Waals surface area contributed by atoms with Crippen LogP contribution in [0.3, 0.4) is 0 Å². The number of rotatable bonds is 2. The van der Waals surface area contributed by atoms with Crippen molar-refractivity contribution in [2.24, 2.45) is 0 Å². The van der Waals surface area contributed by atoms with Gasteiger partial charge in [-0.05, 0) is 43.2 Å². The SMILES string of the molecule is Cc1c[nH]c(-c2cc3ccc(C=O)cn3c2)c1C. The summed E-state index contributed by atoms with van der Waals surface area (Å²) in [4.78, 5) is 14.1. The summed E-state index contributed by atoms with van der Waals surface area (Å²) < 4.78 is 1.98. The van der Waals surface area contributed by atoms with Gasteiger partial charge >= 0.3 is 0 Å². The van der Waals surface area contributed by atoms with E-state index in [9.17, 15) is 4.79 Å². The fourth-order valence-corrected chi connectivity index (χ4v) is 2.23. The molecular formula is C15H14N2O. The highest BCUT2D eigenvalue weighted by Gasteiger charge is 2.08. The quantitative estimate of drug-likeness (QED) is 0.683. The molecule has 0 fully saturated rings. The van der Waals surface area contributed by atoms with Gasteiger partial charge in [0.25, 0.3) is 0 Å². The molecule has 3 aromatic rings. The molecule has 0 unspecified atom stereocenters. The molecule has 0 atom stereocenters. The van der Waals surface area contributed by atoms with Crippen LogP contribution in [0.1, 0.15) is 21.5 Å². The number of nitrogens with one attached hydrogen (secondary N) is 1. The van der Waals surface area contributed by atoms with Gasteiger partial charge in [0.1, 0.15) is 0 Å². The molecule has 1 N–H and O–H groups in total. The number of carbonyl (C=O) groups excluding carboxylic acids is 1. The molecule has 3 rings (SSSR count). The first kappa shape index (κ1) is 10.8. The van der Waals surface area contributed by atoms with Crippen molar-refractivity contribution in [3.8, 4) is 11.3 Å². The van der Waals surface area contributed by atoms with E-state index < -0.39 is 0 Å². The third-order valence-corrected chi connectivity index (χ3v) is 3.44. The molecule has 18 heavy (non-hydrogen) atoms. The maximum Gasteiger partial charge on any atom is 0.151 e. The Labute approximate surface area is 105 Å². The highest BCUT2D eigenvalue weighted by molar-refractivity contribution is 5.77. The average Bonchev–Trinajstić information content (AvgIpc) is 2.93. The van der Waals surface area contributed by atoms with Crippen LogP contribution in [0.25, 0.3) is 16.8 Å². The highest BCUT2D eigenvalue weighted by Crippen LogP contribution is 2.26. The lowest BCUT2D eigenvalue weighted by Gasteiger charge is -1.96. The van der Waals surface area contributed by atoms with E-state index in [0.717, 1.165) is 23.1 Å². The van der Waals surface area contributed by atoms with Gasteiger partial charge in [-0.25, -0.2) is 0 Å². The predicted molar refractivity (Wildman–Crippen MR) is 72.0 cm³/mol. The fourth-order valence-electron chi connectivity index (χ4n) is 2.23. The van der Waals surface area contributed by atoms with Gasteiger partial charge in [-0.3, -0.25) is 4.79 Å². The zero-order chi connectivity index (χ0) is 12.7. The number of carbonyl (C=O) groups is 1. The topological polar surface area (TPSA) is 37.3 Å². The largest absolute Gasteiger partial charge is 0.361 e. The number of nitrogens with zero attached hydrogens (tertiary/aromatic N) is 1. The second-order valence-corrected chi connectivity index (χ2v) is 4.61. The van der Waals surface area contributed by atoms with Crippen LogP contribution in [0.4, 0.5) is 0 Å². The Hall–Kier alpha value is -2.29. The van der Waals surface area contributed by atoms with Crippen molar-refractivity contribution in [2.45, 2.75) is 13.8 Å².